The summed E-state index contributed by atoms with van der Waals surface area (Å²) >= 11 is 0. The molecule has 3 rings (SSSR count). The number of esters is 1. The maximum atomic E-state index is 12.8. The van der Waals surface area contributed by atoms with Crippen LogP contribution in [0.5, 0.6) is 0 Å². The molecule has 2 fully saturated rings. The van der Waals surface area contributed by atoms with E-state index in [0.29, 0.717) is 37.3 Å². The van der Waals surface area contributed by atoms with E-state index in [1.54, 1.807) is 47.9 Å². The first-order valence-electron chi connectivity index (χ1n) is 12.3. The van der Waals surface area contributed by atoms with Crippen LogP contribution in [0.4, 0.5) is 15.3 Å². The van der Waals surface area contributed by atoms with E-state index in [4.69, 9.17) is 15.3 Å². The van der Waals surface area contributed by atoms with Crippen LogP contribution in [0.3, 0.4) is 0 Å². The molecule has 13 nitrogen and oxygen atoms in total. The predicted molar refractivity (Wildman–Crippen MR) is 136 cm³/mol. The summed E-state index contributed by atoms with van der Waals surface area (Å²) in [6.07, 6.45) is -0.279. The highest BCUT2D eigenvalue weighted by Gasteiger charge is 2.33. The van der Waals surface area contributed by atoms with Crippen molar-refractivity contribution in [2.24, 2.45) is 10.9 Å². The fourth-order valence-electron chi connectivity index (χ4n) is 3.88. The van der Waals surface area contributed by atoms with Gasteiger partial charge < -0.3 is 35.8 Å². The molecule has 37 heavy (non-hydrogen) atoms. The Labute approximate surface area is 215 Å². The molecule has 1 aromatic rings. The van der Waals surface area contributed by atoms with Gasteiger partial charge in [0.25, 0.3) is 0 Å². The van der Waals surface area contributed by atoms with E-state index in [0.717, 1.165) is 13.1 Å². The molecule has 13 heteroatoms. The number of urea groups is 1. The Morgan fingerprint density at radius 2 is 1.78 bits per heavy atom. The highest BCUT2D eigenvalue weighted by Crippen LogP contribution is 2.22. The number of rotatable bonds is 8. The number of oxime groups is 1. The molecule has 2 aliphatic rings. The second-order valence-corrected chi connectivity index (χ2v) is 9.19. The third-order valence-electron chi connectivity index (χ3n) is 5.95. The minimum absolute atomic E-state index is 0.0373. The summed E-state index contributed by atoms with van der Waals surface area (Å²) in [5, 5.41) is 8.95. The summed E-state index contributed by atoms with van der Waals surface area (Å²) in [4.78, 5) is 58.9. The van der Waals surface area contributed by atoms with Gasteiger partial charge in [-0.15, -0.1) is 0 Å². The number of nitrogens with two attached hydrogens (primary N) is 1. The second kappa shape index (κ2) is 12.9. The van der Waals surface area contributed by atoms with Gasteiger partial charge in [-0.05, 0) is 51.6 Å². The van der Waals surface area contributed by atoms with Crippen LogP contribution in [0.15, 0.2) is 29.4 Å². The average molecular weight is 518 g/mol. The lowest BCUT2D eigenvalue weighted by Gasteiger charge is -2.30. The monoisotopic (exact) mass is 517 g/mol. The predicted octanol–water partition coefficient (Wildman–Crippen LogP) is 0.437. The minimum Gasteiger partial charge on any atom is -0.463 e. The number of amides is 4. The number of likely N-dealkylation sites (N-methyl/N-ethyl adjacent to an activating group) is 1. The number of carbonyl (C=O) groups is 4. The molecule has 2 saturated heterocycles. The molecule has 2 heterocycles. The number of nitrogens with zero attached hydrogens (tertiary/aromatic N) is 4. The summed E-state index contributed by atoms with van der Waals surface area (Å²) < 4.78 is 5.01. The van der Waals surface area contributed by atoms with Gasteiger partial charge in [0, 0.05) is 50.5 Å². The number of amidine groups is 1. The van der Waals surface area contributed by atoms with Crippen LogP contribution in [0.25, 0.3) is 0 Å². The van der Waals surface area contributed by atoms with E-state index in [1.807, 2.05) is 7.05 Å². The van der Waals surface area contributed by atoms with E-state index in [-0.39, 0.29) is 30.8 Å². The summed E-state index contributed by atoms with van der Waals surface area (Å²) in [6.45, 7) is 6.69. The van der Waals surface area contributed by atoms with E-state index in [9.17, 15) is 19.2 Å². The van der Waals surface area contributed by atoms with Crippen LogP contribution in [-0.4, -0.2) is 98.1 Å². The third kappa shape index (κ3) is 8.07. The molecule has 0 aliphatic carbocycles. The maximum absolute atomic E-state index is 12.8. The lowest BCUT2D eigenvalue weighted by molar-refractivity contribution is -0.147. The quantitative estimate of drug-likeness (QED) is 0.147. The number of benzene rings is 1. The molecule has 0 saturated carbocycles. The molecule has 4 N–H and O–H groups in total. The molecule has 1 atom stereocenters. The molecule has 0 aromatic heterocycles. The zero-order valence-electron chi connectivity index (χ0n) is 21.4. The van der Waals surface area contributed by atoms with Crippen molar-refractivity contribution in [1.29, 1.82) is 0 Å². The van der Waals surface area contributed by atoms with Crippen LogP contribution < -0.4 is 21.3 Å². The molecular formula is C24H35N7O6. The Morgan fingerprint density at radius 1 is 1.11 bits per heavy atom. The Kier molecular flexibility index (Phi) is 9.66. The fraction of sp³-hybridized carbons (Fsp3) is 0.542. The first-order chi connectivity index (χ1) is 17.6. The smallest absolute Gasteiger partial charge is 0.436 e. The summed E-state index contributed by atoms with van der Waals surface area (Å²) in [7, 11) is 1.99. The lowest BCUT2D eigenvalue weighted by atomic mass is 10.2. The fourth-order valence-corrected chi connectivity index (χ4v) is 3.88. The normalized spacial score (nSPS) is 18.6. The largest absolute Gasteiger partial charge is 0.463 e. The van der Waals surface area contributed by atoms with Crippen LogP contribution in [0, 0.1) is 0 Å². The molecule has 2 aliphatic heterocycles. The van der Waals surface area contributed by atoms with Gasteiger partial charge in [-0.3, -0.25) is 14.4 Å². The molecule has 0 bridgehead atoms. The van der Waals surface area contributed by atoms with Gasteiger partial charge in [0.05, 0.1) is 12.5 Å². The van der Waals surface area contributed by atoms with Crippen LogP contribution >= 0.6 is 0 Å². The molecule has 202 valence electrons. The van der Waals surface area contributed by atoms with Crippen molar-refractivity contribution in [1.82, 2.24) is 20.4 Å². The van der Waals surface area contributed by atoms with E-state index >= 15 is 0 Å². The number of ether oxygens (including phenoxy) is 1. The molecule has 1 aromatic carbocycles. The van der Waals surface area contributed by atoms with Crippen molar-refractivity contribution in [3.05, 3.63) is 29.8 Å². The van der Waals surface area contributed by atoms with Crippen molar-refractivity contribution in [2.75, 3.05) is 51.2 Å². The SMILES string of the molecule is CC(C)OC(=O)CCNC(=O)NC1CCN(c2ccc(C(N)=NOC(=O)N3CCN(C)CC3)cc2)C1=O. The molecule has 4 amide bonds. The Morgan fingerprint density at radius 3 is 2.43 bits per heavy atom. The molecule has 0 spiro atoms. The highest BCUT2D eigenvalue weighted by atomic mass is 16.7. The number of hydrogen-bond donors (Lipinski definition) is 3. The van der Waals surface area contributed by atoms with Crippen LogP contribution in [-0.2, 0) is 19.2 Å². The molecule has 0 radical (unpaired) electrons. The molecular weight excluding hydrogens is 482 g/mol. The van der Waals surface area contributed by atoms with Gasteiger partial charge in [0.1, 0.15) is 6.04 Å². The maximum Gasteiger partial charge on any atom is 0.436 e. The van der Waals surface area contributed by atoms with Crippen molar-refractivity contribution >= 4 is 35.5 Å². The zero-order valence-corrected chi connectivity index (χ0v) is 21.4. The summed E-state index contributed by atoms with van der Waals surface area (Å²) in [5.74, 6) is -0.610. The van der Waals surface area contributed by atoms with Gasteiger partial charge in [-0.25, -0.2) is 9.59 Å². The summed E-state index contributed by atoms with van der Waals surface area (Å²) in [6, 6.07) is 5.57. The Bertz CT molecular complexity index is 1010. The first-order valence-corrected chi connectivity index (χ1v) is 12.3. The van der Waals surface area contributed by atoms with Crippen LogP contribution in [0.1, 0.15) is 32.3 Å². The van der Waals surface area contributed by atoms with Gasteiger partial charge in [-0.2, -0.15) is 0 Å². The minimum atomic E-state index is -0.678. The average Bonchev–Trinajstić information content (AvgIpc) is 3.22. The second-order valence-electron chi connectivity index (χ2n) is 9.19. The lowest BCUT2D eigenvalue weighted by Crippen LogP contribution is -2.47. The zero-order chi connectivity index (χ0) is 26.9. The van der Waals surface area contributed by atoms with Gasteiger partial charge in [-0.1, -0.05) is 5.16 Å². The Balaban J connectivity index is 1.46. The van der Waals surface area contributed by atoms with Crippen molar-refractivity contribution in [2.45, 2.75) is 38.8 Å². The van der Waals surface area contributed by atoms with E-state index in [1.165, 1.54) is 0 Å². The number of carbonyl (C=O) groups excluding carboxylic acids is 4. The van der Waals surface area contributed by atoms with Crippen molar-refractivity contribution in [3.8, 4) is 0 Å². The standard InChI is InChI=1S/C24H35N7O6/c1-16(2)36-20(32)8-10-26-23(34)27-19-9-11-31(22(19)33)18-6-4-17(5-7-18)21(25)28-37-24(35)30-14-12-29(3)13-15-30/h4-7,16,19H,8-15H2,1-3H3,(H2,25,28)(H2,26,27,34). The van der Waals surface area contributed by atoms with E-state index in [2.05, 4.69) is 20.7 Å². The number of hydrogen-bond acceptors (Lipinski definition) is 8. The van der Waals surface area contributed by atoms with Crippen molar-refractivity contribution < 1.29 is 28.8 Å². The van der Waals surface area contributed by atoms with Crippen LogP contribution in [0.2, 0.25) is 0 Å². The number of nitrogens with one attached hydrogen (secondary N) is 2. The van der Waals surface area contributed by atoms with Gasteiger partial charge in [0.2, 0.25) is 5.91 Å². The summed E-state index contributed by atoms with van der Waals surface area (Å²) in [5.41, 5.74) is 7.14. The highest BCUT2D eigenvalue weighted by molar-refractivity contribution is 6.02. The van der Waals surface area contributed by atoms with Gasteiger partial charge in [0.15, 0.2) is 5.84 Å². The van der Waals surface area contributed by atoms with Crippen molar-refractivity contribution in [3.63, 3.8) is 0 Å². The number of piperazine rings is 1. The number of anilines is 1. The topological polar surface area (TPSA) is 159 Å². The van der Waals surface area contributed by atoms with E-state index < -0.39 is 24.1 Å². The van der Waals surface area contributed by atoms with Gasteiger partial charge >= 0.3 is 18.1 Å². The third-order valence-corrected chi connectivity index (χ3v) is 5.95. The first kappa shape index (κ1) is 27.7. The Hall–Kier alpha value is -3.87. The molecule has 1 unspecified atom stereocenters.